The predicted molar refractivity (Wildman–Crippen MR) is 222 cm³/mol. The SMILES string of the molecule is Cc1cc(NC(=O)Nc2cnc3ccnn3c2C2CCCC2)cnc1-c1noc(CCCCCCN2CCN(c3ccc4c(c3)CN(C3CCC(=O)NC3=O)C4=O)CC2)n1. The van der Waals surface area contributed by atoms with Gasteiger partial charge >= 0.3 is 6.03 Å². The van der Waals surface area contributed by atoms with Crippen molar-refractivity contribution in [3.05, 3.63) is 77.2 Å². The zero-order valence-electron chi connectivity index (χ0n) is 33.9. The molecule has 60 heavy (non-hydrogen) atoms. The zero-order chi connectivity index (χ0) is 41.2. The van der Waals surface area contributed by atoms with Crippen LogP contribution in [0.5, 0.6) is 0 Å². The standard InChI is InChI=1S/C43H50N12O5/c1-27-22-30(47-43(59)48-33-25-44-35-15-16-46-55(35)39(33)28-8-5-6-9-28)24-45-38(27)40-50-37(60-51-40)10-4-2-3-7-17-52-18-20-53(21-19-52)31-11-12-32-29(23-31)26-54(42(32)58)34-13-14-36(56)49-41(34)57/h11-12,15-16,22-25,28,34H,2-10,13-14,17-21,26H2,1H3,(H2,47,48,59)(H,49,56,57). The Morgan fingerprint density at radius 3 is 2.58 bits per heavy atom. The summed E-state index contributed by atoms with van der Waals surface area (Å²) < 4.78 is 7.42. The maximum absolute atomic E-state index is 13.1. The third-order valence-electron chi connectivity index (χ3n) is 12.3. The highest BCUT2D eigenvalue weighted by Crippen LogP contribution is 2.38. The number of piperidine rings is 1. The number of urea groups is 1. The Morgan fingerprint density at radius 1 is 0.933 bits per heavy atom. The van der Waals surface area contributed by atoms with E-state index >= 15 is 0 Å². The Hall–Kier alpha value is -6.23. The molecule has 7 heterocycles. The van der Waals surface area contributed by atoms with Crippen molar-refractivity contribution in [2.75, 3.05) is 48.3 Å². The van der Waals surface area contributed by atoms with Gasteiger partial charge in [0.25, 0.3) is 5.91 Å². The molecular weight excluding hydrogens is 765 g/mol. The maximum Gasteiger partial charge on any atom is 0.323 e. The Balaban J connectivity index is 0.689. The quantitative estimate of drug-likeness (QED) is 0.100. The van der Waals surface area contributed by atoms with Crippen molar-refractivity contribution in [1.82, 2.24) is 44.8 Å². The van der Waals surface area contributed by atoms with Gasteiger partial charge in [-0.25, -0.2) is 14.3 Å². The van der Waals surface area contributed by atoms with E-state index in [0.29, 0.717) is 59.7 Å². The molecule has 5 aromatic rings. The van der Waals surface area contributed by atoms with Crippen molar-refractivity contribution in [3.8, 4) is 11.5 Å². The number of amides is 5. The van der Waals surface area contributed by atoms with Crippen LogP contribution in [-0.2, 0) is 22.6 Å². The average Bonchev–Trinajstić information content (AvgIpc) is 4.08. The molecule has 17 heteroatoms. The molecule has 17 nitrogen and oxygen atoms in total. The van der Waals surface area contributed by atoms with Crippen LogP contribution >= 0.6 is 0 Å². The molecule has 1 aliphatic carbocycles. The van der Waals surface area contributed by atoms with E-state index in [9.17, 15) is 19.2 Å². The second-order valence-corrected chi connectivity index (χ2v) is 16.4. The summed E-state index contributed by atoms with van der Waals surface area (Å²) in [5.41, 5.74) is 7.05. The molecule has 5 amide bonds. The van der Waals surface area contributed by atoms with E-state index < -0.39 is 6.04 Å². The van der Waals surface area contributed by atoms with E-state index in [4.69, 9.17) is 4.52 Å². The van der Waals surface area contributed by atoms with Crippen molar-refractivity contribution in [2.45, 2.75) is 96.1 Å². The van der Waals surface area contributed by atoms with Crippen LogP contribution in [0.25, 0.3) is 17.2 Å². The van der Waals surface area contributed by atoms with Crippen LogP contribution in [0.15, 0.2) is 53.4 Å². The number of rotatable bonds is 13. The van der Waals surface area contributed by atoms with Gasteiger partial charge in [-0.2, -0.15) is 10.1 Å². The van der Waals surface area contributed by atoms with Gasteiger partial charge in [-0.3, -0.25) is 29.6 Å². The highest BCUT2D eigenvalue weighted by molar-refractivity contribution is 6.05. The van der Waals surface area contributed by atoms with Gasteiger partial charge in [0.05, 0.1) is 35.7 Å². The summed E-state index contributed by atoms with van der Waals surface area (Å²) in [6, 6.07) is 8.71. The monoisotopic (exact) mass is 814 g/mol. The number of pyridine rings is 1. The van der Waals surface area contributed by atoms with Crippen LogP contribution in [0.3, 0.4) is 0 Å². The number of benzene rings is 1. The Morgan fingerprint density at radius 2 is 1.77 bits per heavy atom. The molecule has 3 N–H and O–H groups in total. The van der Waals surface area contributed by atoms with Gasteiger partial charge in [-0.15, -0.1) is 0 Å². The van der Waals surface area contributed by atoms with Crippen LogP contribution in [0, 0.1) is 6.92 Å². The van der Waals surface area contributed by atoms with Crippen LogP contribution in [0.2, 0.25) is 0 Å². The lowest BCUT2D eigenvalue weighted by Crippen LogP contribution is -2.52. The minimum atomic E-state index is -0.602. The van der Waals surface area contributed by atoms with Crippen molar-refractivity contribution in [3.63, 3.8) is 0 Å². The normalized spacial score (nSPS) is 18.7. The first kappa shape index (κ1) is 39.2. The molecule has 0 radical (unpaired) electrons. The third-order valence-corrected chi connectivity index (χ3v) is 12.3. The highest BCUT2D eigenvalue weighted by Gasteiger charge is 2.39. The summed E-state index contributed by atoms with van der Waals surface area (Å²) in [4.78, 5) is 70.4. The van der Waals surface area contributed by atoms with E-state index in [0.717, 1.165) is 112 Å². The van der Waals surface area contributed by atoms with Gasteiger partial charge in [-0.1, -0.05) is 30.8 Å². The highest BCUT2D eigenvalue weighted by atomic mass is 16.5. The first-order chi connectivity index (χ1) is 29.3. The molecule has 312 valence electrons. The van der Waals surface area contributed by atoms with E-state index in [-0.39, 0.29) is 30.2 Å². The Labute approximate surface area is 347 Å². The Kier molecular flexibility index (Phi) is 11.2. The molecule has 2 saturated heterocycles. The number of aromatic nitrogens is 6. The maximum atomic E-state index is 13.1. The lowest BCUT2D eigenvalue weighted by molar-refractivity contribution is -0.136. The fraction of sp³-hybridized carbons (Fsp3) is 0.465. The fourth-order valence-electron chi connectivity index (χ4n) is 9.15. The number of carbonyl (C=O) groups is 4. The molecule has 3 fully saturated rings. The number of imide groups is 1. The molecule has 1 atom stereocenters. The smallest absolute Gasteiger partial charge is 0.323 e. The summed E-state index contributed by atoms with van der Waals surface area (Å²) in [5, 5.41) is 16.9. The van der Waals surface area contributed by atoms with Gasteiger partial charge in [0.1, 0.15) is 11.7 Å². The van der Waals surface area contributed by atoms with E-state index in [1.807, 2.05) is 35.7 Å². The largest absolute Gasteiger partial charge is 0.369 e. The molecule has 4 aromatic heterocycles. The van der Waals surface area contributed by atoms with Gasteiger partial charge in [-0.05, 0) is 81.0 Å². The third kappa shape index (κ3) is 8.30. The summed E-state index contributed by atoms with van der Waals surface area (Å²) >= 11 is 0. The number of piperazine rings is 1. The summed E-state index contributed by atoms with van der Waals surface area (Å²) in [5.74, 6) is 0.527. The van der Waals surface area contributed by atoms with Crippen LogP contribution in [-0.4, -0.2) is 102 Å². The van der Waals surface area contributed by atoms with Gasteiger partial charge < -0.3 is 25.0 Å². The topological polar surface area (TPSA) is 196 Å². The van der Waals surface area contributed by atoms with Crippen LogP contribution in [0.1, 0.15) is 103 Å². The molecule has 1 aromatic carbocycles. The number of hydrogen-bond acceptors (Lipinski definition) is 12. The molecular formula is C43H50N12O5. The Bertz CT molecular complexity index is 2410. The fourth-order valence-corrected chi connectivity index (χ4v) is 9.15. The van der Waals surface area contributed by atoms with E-state index in [1.165, 1.54) is 0 Å². The number of nitrogens with zero attached hydrogens (tertiary/aromatic N) is 9. The molecule has 0 bridgehead atoms. The second-order valence-electron chi connectivity index (χ2n) is 16.4. The molecule has 9 rings (SSSR count). The molecule has 1 unspecified atom stereocenters. The number of carbonyl (C=O) groups excluding carboxylic acids is 4. The van der Waals surface area contributed by atoms with Gasteiger partial charge in [0.15, 0.2) is 5.65 Å². The molecule has 3 aliphatic heterocycles. The van der Waals surface area contributed by atoms with Crippen LogP contribution in [0.4, 0.5) is 21.9 Å². The number of anilines is 3. The van der Waals surface area contributed by atoms with Gasteiger partial charge in [0, 0.05) is 68.8 Å². The number of nitrogens with one attached hydrogen (secondary N) is 3. The summed E-state index contributed by atoms with van der Waals surface area (Å²) in [7, 11) is 0. The first-order valence-corrected chi connectivity index (χ1v) is 21.2. The average molecular weight is 815 g/mol. The van der Waals surface area contributed by atoms with E-state index in [1.54, 1.807) is 23.5 Å². The van der Waals surface area contributed by atoms with Crippen molar-refractivity contribution < 1.29 is 23.7 Å². The number of unbranched alkanes of at least 4 members (excludes halogenated alkanes) is 3. The molecule has 1 saturated carbocycles. The van der Waals surface area contributed by atoms with E-state index in [2.05, 4.69) is 57.0 Å². The molecule has 0 spiro atoms. The zero-order valence-corrected chi connectivity index (χ0v) is 33.9. The van der Waals surface area contributed by atoms with Crippen molar-refractivity contribution in [2.24, 2.45) is 0 Å². The summed E-state index contributed by atoms with van der Waals surface area (Å²) in [6.07, 6.45) is 15.0. The van der Waals surface area contributed by atoms with Crippen molar-refractivity contribution in [1.29, 1.82) is 0 Å². The number of aryl methyl sites for hydroxylation is 2. The lowest BCUT2D eigenvalue weighted by Gasteiger charge is -2.36. The van der Waals surface area contributed by atoms with Crippen LogP contribution < -0.4 is 20.9 Å². The van der Waals surface area contributed by atoms with Gasteiger partial charge in [0.2, 0.25) is 23.5 Å². The lowest BCUT2D eigenvalue weighted by atomic mass is 10.0. The minimum absolute atomic E-state index is 0.142. The minimum Gasteiger partial charge on any atom is -0.369 e. The van der Waals surface area contributed by atoms with Crippen molar-refractivity contribution >= 4 is 46.5 Å². The second kappa shape index (κ2) is 17.2. The summed E-state index contributed by atoms with van der Waals surface area (Å²) in [6.45, 7) is 7.12. The first-order valence-electron chi connectivity index (χ1n) is 21.2. The molecule has 4 aliphatic rings. The number of hydrogen-bond donors (Lipinski definition) is 3. The number of fused-ring (bicyclic) bond motifs is 2. The predicted octanol–water partition coefficient (Wildman–Crippen LogP) is 5.47.